The summed E-state index contributed by atoms with van der Waals surface area (Å²) in [5, 5.41) is 11.0. The first-order valence-electron chi connectivity index (χ1n) is 8.39. The van der Waals surface area contributed by atoms with E-state index in [1.165, 1.54) is 38.5 Å². The molecule has 2 rings (SSSR count). The van der Waals surface area contributed by atoms with Gasteiger partial charge < -0.3 is 9.84 Å². The average Bonchev–Trinajstić information content (AvgIpc) is 2.38. The van der Waals surface area contributed by atoms with Crippen molar-refractivity contribution in [2.24, 2.45) is 17.8 Å². The predicted molar refractivity (Wildman–Crippen MR) is 79.1 cm³/mol. The summed E-state index contributed by atoms with van der Waals surface area (Å²) in [6.45, 7) is 7.43. The van der Waals surface area contributed by atoms with Gasteiger partial charge in [0.2, 0.25) is 0 Å². The van der Waals surface area contributed by atoms with Gasteiger partial charge >= 0.3 is 0 Å². The molecule has 0 aromatic carbocycles. The fourth-order valence-corrected chi connectivity index (χ4v) is 4.51. The molecule has 2 saturated carbocycles. The van der Waals surface area contributed by atoms with Crippen molar-refractivity contribution in [3.8, 4) is 0 Å². The third kappa shape index (κ3) is 3.52. The van der Waals surface area contributed by atoms with Crippen LogP contribution in [-0.2, 0) is 4.74 Å². The lowest BCUT2D eigenvalue weighted by atomic mass is 9.68. The van der Waals surface area contributed by atoms with Gasteiger partial charge in [-0.2, -0.15) is 0 Å². The molecule has 2 heteroatoms. The molecule has 0 heterocycles. The van der Waals surface area contributed by atoms with Crippen molar-refractivity contribution in [3.63, 3.8) is 0 Å². The smallest absolute Gasteiger partial charge is 0.0945 e. The lowest BCUT2D eigenvalue weighted by Gasteiger charge is -2.47. The van der Waals surface area contributed by atoms with Gasteiger partial charge in [-0.05, 0) is 50.4 Å². The topological polar surface area (TPSA) is 29.5 Å². The lowest BCUT2D eigenvalue weighted by molar-refractivity contribution is -0.169. The van der Waals surface area contributed by atoms with E-state index in [9.17, 15) is 5.11 Å². The van der Waals surface area contributed by atoms with Crippen LogP contribution in [0.15, 0.2) is 0 Å². The van der Waals surface area contributed by atoms with E-state index in [4.69, 9.17) is 4.74 Å². The van der Waals surface area contributed by atoms with Crippen molar-refractivity contribution < 1.29 is 9.84 Å². The highest BCUT2D eigenvalue weighted by molar-refractivity contribution is 4.97. The first kappa shape index (κ1) is 15.3. The van der Waals surface area contributed by atoms with Crippen LogP contribution in [0.5, 0.6) is 0 Å². The number of aliphatic hydroxyl groups excluding tert-OH is 1. The zero-order valence-electron chi connectivity index (χ0n) is 13.0. The van der Waals surface area contributed by atoms with Crippen LogP contribution in [0.2, 0.25) is 0 Å². The van der Waals surface area contributed by atoms with Crippen LogP contribution in [0.3, 0.4) is 0 Å². The highest BCUT2D eigenvalue weighted by atomic mass is 16.5. The Morgan fingerprint density at radius 1 is 1.16 bits per heavy atom. The van der Waals surface area contributed by atoms with E-state index in [2.05, 4.69) is 20.8 Å². The Bertz CT molecular complexity index is 274. The van der Waals surface area contributed by atoms with Crippen molar-refractivity contribution in [1.82, 2.24) is 0 Å². The second kappa shape index (κ2) is 6.58. The molecule has 2 fully saturated rings. The Kier molecular flexibility index (Phi) is 5.30. The summed E-state index contributed by atoms with van der Waals surface area (Å²) in [6.07, 6.45) is 9.34. The van der Waals surface area contributed by atoms with Gasteiger partial charge in [-0.3, -0.25) is 0 Å². The molecule has 2 aliphatic carbocycles. The molecule has 0 amide bonds. The predicted octanol–water partition coefficient (Wildman–Crippen LogP) is 4.16. The molecule has 5 unspecified atom stereocenters. The molecule has 2 nitrogen and oxygen atoms in total. The molecule has 5 atom stereocenters. The van der Waals surface area contributed by atoms with Crippen molar-refractivity contribution >= 4 is 0 Å². The number of aliphatic hydroxyl groups is 1. The van der Waals surface area contributed by atoms with Gasteiger partial charge in [-0.25, -0.2) is 0 Å². The number of rotatable bonds is 4. The molecule has 2 aliphatic rings. The normalized spacial score (nSPS) is 42.0. The second-order valence-electron chi connectivity index (χ2n) is 7.18. The van der Waals surface area contributed by atoms with Crippen molar-refractivity contribution in [2.45, 2.75) is 83.8 Å². The third-order valence-electron chi connectivity index (χ3n) is 5.39. The van der Waals surface area contributed by atoms with Crippen LogP contribution in [0.1, 0.15) is 72.1 Å². The van der Waals surface area contributed by atoms with E-state index < -0.39 is 0 Å². The largest absolute Gasteiger partial charge is 0.390 e. The molecule has 0 radical (unpaired) electrons. The minimum absolute atomic E-state index is 0.242. The fraction of sp³-hybridized carbons (Fsp3) is 1.00. The third-order valence-corrected chi connectivity index (χ3v) is 5.39. The highest BCUT2D eigenvalue weighted by Gasteiger charge is 2.45. The van der Waals surface area contributed by atoms with Crippen LogP contribution >= 0.6 is 0 Å². The van der Waals surface area contributed by atoms with Gasteiger partial charge in [0.25, 0.3) is 0 Å². The second-order valence-corrected chi connectivity index (χ2v) is 7.18. The maximum atomic E-state index is 11.0. The van der Waals surface area contributed by atoms with Gasteiger partial charge in [0, 0.05) is 6.61 Å². The van der Waals surface area contributed by atoms with E-state index in [1.807, 2.05) is 0 Å². The fourth-order valence-electron chi connectivity index (χ4n) is 4.51. The Hall–Kier alpha value is -0.0800. The van der Waals surface area contributed by atoms with E-state index >= 15 is 0 Å². The summed E-state index contributed by atoms with van der Waals surface area (Å²) in [5.74, 6) is 1.92. The average molecular weight is 268 g/mol. The monoisotopic (exact) mass is 268 g/mol. The standard InChI is InChI=1S/C17H32O2/c1-4-19-17(10-6-8-14(3)12-17)16(18)15-9-5-7-13(2)11-15/h13-16,18H,4-12H2,1-3H3. The number of hydrogen-bond donors (Lipinski definition) is 1. The number of hydrogen-bond acceptors (Lipinski definition) is 2. The Labute approximate surface area is 118 Å². The van der Waals surface area contributed by atoms with Gasteiger partial charge in [0.1, 0.15) is 0 Å². The SMILES string of the molecule is CCOC1(C(O)C2CCCC(C)C2)CCCC(C)C1. The van der Waals surface area contributed by atoms with Gasteiger partial charge in [-0.1, -0.05) is 39.5 Å². The summed E-state index contributed by atoms with van der Waals surface area (Å²) >= 11 is 0. The van der Waals surface area contributed by atoms with E-state index in [0.29, 0.717) is 11.8 Å². The molecule has 0 aliphatic heterocycles. The van der Waals surface area contributed by atoms with Crippen LogP contribution in [-0.4, -0.2) is 23.4 Å². The van der Waals surface area contributed by atoms with Crippen LogP contribution in [0, 0.1) is 17.8 Å². The summed E-state index contributed by atoms with van der Waals surface area (Å²) in [5.41, 5.74) is -0.242. The zero-order valence-corrected chi connectivity index (χ0v) is 13.0. The molecule has 0 bridgehead atoms. The molecule has 0 spiro atoms. The lowest BCUT2D eigenvalue weighted by Crippen LogP contribution is -2.52. The van der Waals surface area contributed by atoms with E-state index in [1.54, 1.807) is 0 Å². The van der Waals surface area contributed by atoms with Crippen LogP contribution in [0.25, 0.3) is 0 Å². The number of ether oxygens (including phenoxy) is 1. The minimum Gasteiger partial charge on any atom is -0.390 e. The molecular formula is C17H32O2. The molecule has 0 aromatic heterocycles. The summed E-state index contributed by atoms with van der Waals surface area (Å²) in [4.78, 5) is 0. The first-order valence-corrected chi connectivity index (χ1v) is 8.39. The first-order chi connectivity index (χ1) is 9.07. The molecule has 19 heavy (non-hydrogen) atoms. The van der Waals surface area contributed by atoms with Crippen molar-refractivity contribution in [2.75, 3.05) is 6.61 Å². The summed E-state index contributed by atoms with van der Waals surface area (Å²) in [6, 6.07) is 0. The Morgan fingerprint density at radius 3 is 2.53 bits per heavy atom. The van der Waals surface area contributed by atoms with E-state index in [-0.39, 0.29) is 11.7 Å². The quantitative estimate of drug-likeness (QED) is 0.829. The maximum absolute atomic E-state index is 11.0. The van der Waals surface area contributed by atoms with E-state index in [0.717, 1.165) is 25.4 Å². The van der Waals surface area contributed by atoms with Crippen LogP contribution in [0.4, 0.5) is 0 Å². The Morgan fingerprint density at radius 2 is 1.89 bits per heavy atom. The molecule has 1 N–H and O–H groups in total. The van der Waals surface area contributed by atoms with Crippen LogP contribution < -0.4 is 0 Å². The van der Waals surface area contributed by atoms with Crippen molar-refractivity contribution in [1.29, 1.82) is 0 Å². The minimum atomic E-state index is -0.252. The molecule has 112 valence electrons. The molecule has 0 aromatic rings. The van der Waals surface area contributed by atoms with Crippen molar-refractivity contribution in [3.05, 3.63) is 0 Å². The maximum Gasteiger partial charge on any atom is 0.0945 e. The Balaban J connectivity index is 2.08. The van der Waals surface area contributed by atoms with Gasteiger partial charge in [0.15, 0.2) is 0 Å². The molecular weight excluding hydrogens is 236 g/mol. The highest BCUT2D eigenvalue weighted by Crippen LogP contribution is 2.43. The van der Waals surface area contributed by atoms with Gasteiger partial charge in [0.05, 0.1) is 11.7 Å². The summed E-state index contributed by atoms with van der Waals surface area (Å²) < 4.78 is 6.14. The van der Waals surface area contributed by atoms with Gasteiger partial charge in [-0.15, -0.1) is 0 Å². The molecule has 0 saturated heterocycles. The summed E-state index contributed by atoms with van der Waals surface area (Å²) in [7, 11) is 0. The zero-order chi connectivity index (χ0) is 13.9.